The smallest absolute Gasteiger partial charge is 0.0452 e. The van der Waals surface area contributed by atoms with E-state index in [1.807, 2.05) is 0 Å². The van der Waals surface area contributed by atoms with E-state index in [1.54, 1.807) is 0 Å². The van der Waals surface area contributed by atoms with Gasteiger partial charge >= 0.3 is 0 Å². The molecule has 3 aromatic carbocycles. The van der Waals surface area contributed by atoms with Gasteiger partial charge in [0.05, 0.1) is 0 Å². The van der Waals surface area contributed by atoms with Crippen LogP contribution in [0.5, 0.6) is 0 Å². The Morgan fingerprint density at radius 3 is 2.46 bits per heavy atom. The Morgan fingerprint density at radius 2 is 1.62 bits per heavy atom. The maximum absolute atomic E-state index is 3.77. The maximum atomic E-state index is 3.77. The number of benzene rings is 3. The van der Waals surface area contributed by atoms with E-state index in [4.69, 9.17) is 0 Å². The van der Waals surface area contributed by atoms with Crippen molar-refractivity contribution in [3.63, 3.8) is 0 Å². The number of hydrogen-bond donors (Lipinski definition) is 1. The first kappa shape index (κ1) is 15.4. The van der Waals surface area contributed by atoms with E-state index in [9.17, 15) is 0 Å². The van der Waals surface area contributed by atoms with Gasteiger partial charge in [-0.3, -0.25) is 4.90 Å². The van der Waals surface area contributed by atoms with E-state index >= 15 is 0 Å². The van der Waals surface area contributed by atoms with Crippen LogP contribution in [0.25, 0.3) is 10.8 Å². The minimum absolute atomic E-state index is 0.391. The summed E-state index contributed by atoms with van der Waals surface area (Å²) < 4.78 is 0. The Labute approximate surface area is 144 Å². The molecule has 2 atom stereocenters. The molecule has 0 aliphatic carbocycles. The topological polar surface area (TPSA) is 15.3 Å². The van der Waals surface area contributed by atoms with Crippen LogP contribution in [0.4, 0.5) is 0 Å². The summed E-state index contributed by atoms with van der Waals surface area (Å²) in [6.45, 7) is 5.46. The molecule has 1 aliphatic heterocycles. The lowest BCUT2D eigenvalue weighted by atomic mass is 9.98. The van der Waals surface area contributed by atoms with Crippen LogP contribution >= 0.6 is 0 Å². The van der Waals surface area contributed by atoms with Gasteiger partial charge < -0.3 is 5.32 Å². The summed E-state index contributed by atoms with van der Waals surface area (Å²) in [4.78, 5) is 2.57. The molecule has 0 bridgehead atoms. The molecule has 0 amide bonds. The summed E-state index contributed by atoms with van der Waals surface area (Å²) in [5.41, 5.74) is 2.78. The van der Waals surface area contributed by atoms with E-state index in [0.717, 1.165) is 19.6 Å². The maximum Gasteiger partial charge on any atom is 0.0452 e. The summed E-state index contributed by atoms with van der Waals surface area (Å²) >= 11 is 0. The van der Waals surface area contributed by atoms with Gasteiger partial charge in [-0.25, -0.2) is 0 Å². The second-order valence-electron chi connectivity index (χ2n) is 6.91. The van der Waals surface area contributed by atoms with Crippen molar-refractivity contribution in [2.24, 2.45) is 0 Å². The molecule has 24 heavy (non-hydrogen) atoms. The molecule has 1 aliphatic rings. The molecule has 2 nitrogen and oxygen atoms in total. The molecule has 2 unspecified atom stereocenters. The first-order chi connectivity index (χ1) is 11.8. The van der Waals surface area contributed by atoms with Gasteiger partial charge in [0.1, 0.15) is 0 Å². The highest BCUT2D eigenvalue weighted by Gasteiger charge is 2.25. The summed E-state index contributed by atoms with van der Waals surface area (Å²) in [6, 6.07) is 27.1. The van der Waals surface area contributed by atoms with Gasteiger partial charge in [-0.15, -0.1) is 0 Å². The number of nitrogens with zero attached hydrogens (tertiary/aromatic N) is 1. The highest BCUT2D eigenvalue weighted by molar-refractivity contribution is 5.83. The normalized spacial score (nSPS) is 21.9. The lowest BCUT2D eigenvalue weighted by Crippen LogP contribution is -2.50. The number of fused-ring (bicyclic) bond motifs is 1. The SMILES string of the molecule is CC1CN(Cc2ccccc2)CC(c2ccc3ccccc3c2)N1. The zero-order valence-electron chi connectivity index (χ0n) is 14.2. The van der Waals surface area contributed by atoms with Crippen molar-refractivity contribution >= 4 is 10.8 Å². The van der Waals surface area contributed by atoms with Crippen LogP contribution in [-0.2, 0) is 6.54 Å². The van der Waals surface area contributed by atoms with Crippen molar-refractivity contribution in [2.75, 3.05) is 13.1 Å². The van der Waals surface area contributed by atoms with E-state index in [2.05, 4.69) is 89.9 Å². The lowest BCUT2D eigenvalue weighted by Gasteiger charge is -2.38. The largest absolute Gasteiger partial charge is 0.305 e. The number of piperazine rings is 1. The average molecular weight is 316 g/mol. The molecule has 1 heterocycles. The molecular weight excluding hydrogens is 292 g/mol. The third kappa shape index (κ3) is 3.35. The zero-order valence-corrected chi connectivity index (χ0v) is 14.2. The molecular formula is C22H24N2. The van der Waals surface area contributed by atoms with Crippen molar-refractivity contribution in [2.45, 2.75) is 25.6 Å². The second-order valence-corrected chi connectivity index (χ2v) is 6.91. The van der Waals surface area contributed by atoms with E-state index in [1.165, 1.54) is 21.9 Å². The van der Waals surface area contributed by atoms with Crippen LogP contribution in [0.15, 0.2) is 72.8 Å². The number of hydrogen-bond acceptors (Lipinski definition) is 2. The van der Waals surface area contributed by atoms with Gasteiger partial charge in [-0.05, 0) is 34.9 Å². The van der Waals surface area contributed by atoms with Crippen molar-refractivity contribution in [1.29, 1.82) is 0 Å². The van der Waals surface area contributed by atoms with Crippen LogP contribution in [-0.4, -0.2) is 24.0 Å². The zero-order chi connectivity index (χ0) is 16.4. The van der Waals surface area contributed by atoms with E-state index in [0.29, 0.717) is 12.1 Å². The second kappa shape index (κ2) is 6.76. The van der Waals surface area contributed by atoms with Gasteiger partial charge in [0.15, 0.2) is 0 Å². The van der Waals surface area contributed by atoms with Crippen LogP contribution in [0.2, 0.25) is 0 Å². The molecule has 3 aromatic rings. The Kier molecular flexibility index (Phi) is 4.33. The Hall–Kier alpha value is -2.16. The van der Waals surface area contributed by atoms with Crippen molar-refractivity contribution in [3.8, 4) is 0 Å². The van der Waals surface area contributed by atoms with E-state index in [-0.39, 0.29) is 0 Å². The minimum atomic E-state index is 0.391. The molecule has 0 radical (unpaired) electrons. The van der Waals surface area contributed by atoms with Crippen molar-refractivity contribution < 1.29 is 0 Å². The van der Waals surface area contributed by atoms with Gasteiger partial charge in [0, 0.05) is 31.7 Å². The molecule has 2 heteroatoms. The molecule has 0 spiro atoms. The highest BCUT2D eigenvalue weighted by Crippen LogP contribution is 2.24. The molecule has 1 saturated heterocycles. The van der Waals surface area contributed by atoms with Crippen molar-refractivity contribution in [3.05, 3.63) is 83.9 Å². The third-order valence-electron chi connectivity index (χ3n) is 4.88. The summed E-state index contributed by atoms with van der Waals surface area (Å²) in [7, 11) is 0. The Bertz CT molecular complexity index is 812. The molecule has 0 aromatic heterocycles. The van der Waals surface area contributed by atoms with Crippen LogP contribution in [0.1, 0.15) is 24.1 Å². The van der Waals surface area contributed by atoms with E-state index < -0.39 is 0 Å². The molecule has 122 valence electrons. The standard InChI is InChI=1S/C22H24N2/c1-17-14-24(15-18-7-3-2-4-8-18)16-22(23-17)21-12-11-19-9-5-6-10-20(19)13-21/h2-13,17,22-23H,14-16H2,1H3. The fourth-order valence-electron chi connectivity index (χ4n) is 3.77. The van der Waals surface area contributed by atoms with Crippen LogP contribution in [0, 0.1) is 0 Å². The summed E-state index contributed by atoms with van der Waals surface area (Å²) in [5, 5.41) is 6.41. The number of nitrogens with one attached hydrogen (secondary N) is 1. The van der Waals surface area contributed by atoms with Crippen LogP contribution in [0.3, 0.4) is 0 Å². The fourth-order valence-corrected chi connectivity index (χ4v) is 3.77. The van der Waals surface area contributed by atoms with Crippen molar-refractivity contribution in [1.82, 2.24) is 10.2 Å². The lowest BCUT2D eigenvalue weighted by molar-refractivity contribution is 0.160. The fraction of sp³-hybridized carbons (Fsp3) is 0.273. The minimum Gasteiger partial charge on any atom is -0.305 e. The molecule has 1 N–H and O–H groups in total. The monoisotopic (exact) mass is 316 g/mol. The average Bonchev–Trinajstić information content (AvgIpc) is 2.62. The summed E-state index contributed by atoms with van der Waals surface area (Å²) in [5.74, 6) is 0. The summed E-state index contributed by atoms with van der Waals surface area (Å²) in [6.07, 6.45) is 0. The predicted octanol–water partition coefficient (Wildman–Crippen LogP) is 4.37. The first-order valence-electron chi connectivity index (χ1n) is 8.79. The quantitative estimate of drug-likeness (QED) is 0.771. The Balaban J connectivity index is 1.55. The van der Waals surface area contributed by atoms with Gasteiger partial charge in [-0.2, -0.15) is 0 Å². The highest BCUT2D eigenvalue weighted by atomic mass is 15.2. The van der Waals surface area contributed by atoms with Gasteiger partial charge in [0.2, 0.25) is 0 Å². The predicted molar refractivity (Wildman–Crippen MR) is 101 cm³/mol. The van der Waals surface area contributed by atoms with Gasteiger partial charge in [-0.1, -0.05) is 66.7 Å². The third-order valence-corrected chi connectivity index (χ3v) is 4.88. The number of rotatable bonds is 3. The Morgan fingerprint density at radius 1 is 0.875 bits per heavy atom. The molecule has 4 rings (SSSR count). The molecule has 0 saturated carbocycles. The van der Waals surface area contributed by atoms with Gasteiger partial charge in [0.25, 0.3) is 0 Å². The first-order valence-corrected chi connectivity index (χ1v) is 8.79. The molecule has 1 fully saturated rings. The van der Waals surface area contributed by atoms with Crippen LogP contribution < -0.4 is 5.32 Å².